The van der Waals surface area contributed by atoms with Crippen molar-refractivity contribution >= 4 is 11.8 Å². The summed E-state index contributed by atoms with van der Waals surface area (Å²) in [5.74, 6) is -0.940. The standard InChI is InChI=1S/C5H8N2O2.C2H6/c1-7-3-2-6-4(8)5(7)9;1-2/h2-3H2,1H3,(H,6,8);1-2H3. The third kappa shape index (κ3) is 2.57. The lowest BCUT2D eigenvalue weighted by molar-refractivity contribution is -0.147. The van der Waals surface area contributed by atoms with Crippen molar-refractivity contribution in [3.8, 4) is 0 Å². The highest BCUT2D eigenvalue weighted by molar-refractivity contribution is 6.35. The smallest absolute Gasteiger partial charge is 0.311 e. The Kier molecular flexibility index (Phi) is 4.26. The van der Waals surface area contributed by atoms with Gasteiger partial charge in [-0.1, -0.05) is 13.8 Å². The molecule has 1 rings (SSSR count). The van der Waals surface area contributed by atoms with Crippen LogP contribution in [0.4, 0.5) is 0 Å². The molecule has 0 spiro atoms. The maximum absolute atomic E-state index is 10.6. The summed E-state index contributed by atoms with van der Waals surface area (Å²) < 4.78 is 0. The van der Waals surface area contributed by atoms with Crippen LogP contribution < -0.4 is 5.32 Å². The van der Waals surface area contributed by atoms with Crippen molar-refractivity contribution in [2.45, 2.75) is 13.8 Å². The molecule has 1 saturated heterocycles. The third-order valence-corrected chi connectivity index (χ3v) is 1.27. The highest BCUT2D eigenvalue weighted by atomic mass is 16.2. The maximum Gasteiger partial charge on any atom is 0.311 e. The number of amides is 2. The molecule has 1 N–H and O–H groups in total. The van der Waals surface area contributed by atoms with Crippen molar-refractivity contribution in [2.75, 3.05) is 20.1 Å². The van der Waals surface area contributed by atoms with Gasteiger partial charge in [0.2, 0.25) is 0 Å². The lowest BCUT2D eigenvalue weighted by atomic mass is 10.4. The summed E-state index contributed by atoms with van der Waals surface area (Å²) >= 11 is 0. The summed E-state index contributed by atoms with van der Waals surface area (Å²) in [5.41, 5.74) is 0. The first-order chi connectivity index (χ1) is 5.22. The molecular weight excluding hydrogens is 144 g/mol. The van der Waals surface area contributed by atoms with Gasteiger partial charge in [-0.15, -0.1) is 0 Å². The van der Waals surface area contributed by atoms with E-state index in [2.05, 4.69) is 5.32 Å². The van der Waals surface area contributed by atoms with Crippen molar-refractivity contribution in [2.24, 2.45) is 0 Å². The molecule has 0 aromatic heterocycles. The van der Waals surface area contributed by atoms with Crippen LogP contribution in [0.15, 0.2) is 0 Å². The second kappa shape index (κ2) is 4.71. The normalized spacial score (nSPS) is 16.8. The Morgan fingerprint density at radius 2 is 1.91 bits per heavy atom. The van der Waals surface area contributed by atoms with Crippen LogP contribution in [0.2, 0.25) is 0 Å². The van der Waals surface area contributed by atoms with Crippen molar-refractivity contribution in [1.29, 1.82) is 0 Å². The maximum atomic E-state index is 10.6. The molecule has 0 aromatic carbocycles. The molecule has 0 radical (unpaired) electrons. The molecule has 0 aliphatic carbocycles. The minimum absolute atomic E-state index is 0.443. The fourth-order valence-corrected chi connectivity index (χ4v) is 0.688. The number of hydrogen-bond acceptors (Lipinski definition) is 2. The van der Waals surface area contributed by atoms with Gasteiger partial charge in [-0.3, -0.25) is 9.59 Å². The molecule has 0 saturated carbocycles. The summed E-state index contributed by atoms with van der Waals surface area (Å²) in [7, 11) is 1.61. The number of rotatable bonds is 0. The monoisotopic (exact) mass is 158 g/mol. The van der Waals surface area contributed by atoms with Crippen LogP contribution in [0.5, 0.6) is 0 Å². The number of piperazine rings is 1. The van der Waals surface area contributed by atoms with Gasteiger partial charge in [-0.25, -0.2) is 0 Å². The van der Waals surface area contributed by atoms with Crippen molar-refractivity contribution in [1.82, 2.24) is 10.2 Å². The van der Waals surface area contributed by atoms with Crippen LogP contribution >= 0.6 is 0 Å². The van der Waals surface area contributed by atoms with E-state index in [0.29, 0.717) is 13.1 Å². The molecule has 4 heteroatoms. The van der Waals surface area contributed by atoms with E-state index >= 15 is 0 Å². The molecule has 11 heavy (non-hydrogen) atoms. The molecule has 1 aliphatic rings. The minimum atomic E-state index is -0.497. The molecule has 0 bridgehead atoms. The predicted octanol–water partition coefficient (Wildman–Crippen LogP) is -0.399. The van der Waals surface area contributed by atoms with Gasteiger partial charge in [0.15, 0.2) is 0 Å². The largest absolute Gasteiger partial charge is 0.346 e. The molecule has 64 valence electrons. The number of likely N-dealkylation sites (N-methyl/N-ethyl adjacent to an activating group) is 1. The van der Waals surface area contributed by atoms with Crippen LogP contribution in [0, 0.1) is 0 Å². The highest BCUT2D eigenvalue weighted by Gasteiger charge is 2.21. The first kappa shape index (κ1) is 9.94. The molecule has 0 atom stereocenters. The Morgan fingerprint density at radius 3 is 2.27 bits per heavy atom. The van der Waals surface area contributed by atoms with Gasteiger partial charge in [-0.05, 0) is 0 Å². The first-order valence-corrected chi connectivity index (χ1v) is 3.75. The Balaban J connectivity index is 0.000000461. The molecule has 2 amide bonds. The number of carbonyl (C=O) groups is 2. The fourth-order valence-electron chi connectivity index (χ4n) is 0.688. The Hall–Kier alpha value is -1.06. The van der Waals surface area contributed by atoms with E-state index in [1.165, 1.54) is 4.90 Å². The number of nitrogens with one attached hydrogen (secondary N) is 1. The lowest BCUT2D eigenvalue weighted by Gasteiger charge is -2.21. The van der Waals surface area contributed by atoms with E-state index in [1.54, 1.807) is 7.05 Å². The molecule has 0 unspecified atom stereocenters. The second-order valence-electron chi connectivity index (χ2n) is 1.98. The average molecular weight is 158 g/mol. The summed E-state index contributed by atoms with van der Waals surface area (Å²) in [6, 6.07) is 0. The summed E-state index contributed by atoms with van der Waals surface area (Å²) in [6.45, 7) is 5.19. The van der Waals surface area contributed by atoms with Crippen LogP contribution in [0.3, 0.4) is 0 Å². The summed E-state index contributed by atoms with van der Waals surface area (Å²) in [4.78, 5) is 22.5. The highest BCUT2D eigenvalue weighted by Crippen LogP contribution is 1.88. The van der Waals surface area contributed by atoms with E-state index in [0.717, 1.165) is 0 Å². The molecule has 1 aliphatic heterocycles. The number of hydrogen-bond donors (Lipinski definition) is 1. The van der Waals surface area contributed by atoms with Crippen LogP contribution in [-0.4, -0.2) is 36.9 Å². The van der Waals surface area contributed by atoms with Crippen molar-refractivity contribution in [3.05, 3.63) is 0 Å². The van der Waals surface area contributed by atoms with E-state index < -0.39 is 11.8 Å². The zero-order chi connectivity index (χ0) is 8.85. The van der Waals surface area contributed by atoms with Crippen LogP contribution in [-0.2, 0) is 9.59 Å². The SMILES string of the molecule is CC.CN1CCNC(=O)C1=O. The quantitative estimate of drug-likeness (QED) is 0.488. The van der Waals surface area contributed by atoms with E-state index in [9.17, 15) is 9.59 Å². The van der Waals surface area contributed by atoms with Gasteiger partial charge in [0.1, 0.15) is 0 Å². The Labute approximate surface area is 66.6 Å². The van der Waals surface area contributed by atoms with Gasteiger partial charge in [0.05, 0.1) is 0 Å². The molecule has 4 nitrogen and oxygen atoms in total. The minimum Gasteiger partial charge on any atom is -0.346 e. The molecular formula is C7H14N2O2. The van der Waals surface area contributed by atoms with E-state index in [4.69, 9.17) is 0 Å². The predicted molar refractivity (Wildman–Crippen MR) is 42.0 cm³/mol. The van der Waals surface area contributed by atoms with Crippen molar-refractivity contribution in [3.63, 3.8) is 0 Å². The Morgan fingerprint density at radius 1 is 1.36 bits per heavy atom. The van der Waals surface area contributed by atoms with Gasteiger partial charge in [0, 0.05) is 20.1 Å². The molecule has 0 aromatic rings. The van der Waals surface area contributed by atoms with Gasteiger partial charge in [-0.2, -0.15) is 0 Å². The second-order valence-corrected chi connectivity index (χ2v) is 1.98. The fraction of sp³-hybridized carbons (Fsp3) is 0.714. The lowest BCUT2D eigenvalue weighted by Crippen LogP contribution is -2.50. The van der Waals surface area contributed by atoms with Crippen LogP contribution in [0.25, 0.3) is 0 Å². The van der Waals surface area contributed by atoms with E-state index in [1.807, 2.05) is 13.8 Å². The zero-order valence-electron chi connectivity index (χ0n) is 7.18. The zero-order valence-corrected chi connectivity index (χ0v) is 7.18. The van der Waals surface area contributed by atoms with Gasteiger partial charge >= 0.3 is 11.8 Å². The topological polar surface area (TPSA) is 49.4 Å². The van der Waals surface area contributed by atoms with Gasteiger partial charge in [0.25, 0.3) is 0 Å². The molecule has 1 fully saturated rings. The number of nitrogens with zero attached hydrogens (tertiary/aromatic N) is 1. The van der Waals surface area contributed by atoms with Crippen LogP contribution in [0.1, 0.15) is 13.8 Å². The average Bonchev–Trinajstić information content (AvgIpc) is 2.04. The number of carbonyl (C=O) groups excluding carboxylic acids is 2. The Bertz CT molecular complexity index is 157. The third-order valence-electron chi connectivity index (χ3n) is 1.27. The van der Waals surface area contributed by atoms with Crippen molar-refractivity contribution < 1.29 is 9.59 Å². The summed E-state index contributed by atoms with van der Waals surface area (Å²) in [6.07, 6.45) is 0. The first-order valence-electron chi connectivity index (χ1n) is 3.75. The summed E-state index contributed by atoms with van der Waals surface area (Å²) in [5, 5.41) is 2.43. The molecule has 1 heterocycles. The van der Waals surface area contributed by atoms with E-state index in [-0.39, 0.29) is 0 Å². The van der Waals surface area contributed by atoms with Gasteiger partial charge < -0.3 is 10.2 Å².